The van der Waals surface area contributed by atoms with Crippen molar-refractivity contribution < 1.29 is 9.53 Å². The zero-order valence-corrected chi connectivity index (χ0v) is 10.1. The molecule has 1 atom stereocenters. The molecule has 0 aromatic carbocycles. The van der Waals surface area contributed by atoms with Gasteiger partial charge in [-0.2, -0.15) is 0 Å². The number of ether oxygens (including phenoxy) is 1. The molecule has 0 aliphatic heterocycles. The fraction of sp³-hybridized carbons (Fsp3) is 0.923. The van der Waals surface area contributed by atoms with Gasteiger partial charge in [0, 0.05) is 6.42 Å². The summed E-state index contributed by atoms with van der Waals surface area (Å²) in [4.78, 5) is 11.4. The van der Waals surface area contributed by atoms with Gasteiger partial charge in [-0.3, -0.25) is 4.79 Å². The molecule has 0 aromatic heterocycles. The Morgan fingerprint density at radius 1 is 1.27 bits per heavy atom. The molecule has 1 saturated carbocycles. The first-order valence-corrected chi connectivity index (χ1v) is 6.43. The van der Waals surface area contributed by atoms with E-state index in [1.165, 1.54) is 32.1 Å². The van der Waals surface area contributed by atoms with Crippen molar-refractivity contribution in [1.82, 2.24) is 0 Å². The summed E-state index contributed by atoms with van der Waals surface area (Å²) in [6.45, 7) is 4.58. The van der Waals surface area contributed by atoms with Crippen LogP contribution in [0.4, 0.5) is 0 Å². The summed E-state index contributed by atoms with van der Waals surface area (Å²) in [6, 6.07) is 0. The topological polar surface area (TPSA) is 26.3 Å². The number of esters is 1. The third-order valence-corrected chi connectivity index (χ3v) is 3.58. The van der Waals surface area contributed by atoms with Crippen molar-refractivity contribution in [3.8, 4) is 0 Å². The van der Waals surface area contributed by atoms with E-state index in [0.717, 1.165) is 12.3 Å². The lowest BCUT2D eigenvalue weighted by Crippen LogP contribution is -2.21. The fourth-order valence-corrected chi connectivity index (χ4v) is 2.68. The van der Waals surface area contributed by atoms with Crippen LogP contribution in [0.5, 0.6) is 0 Å². The van der Waals surface area contributed by atoms with Crippen LogP contribution in [0, 0.1) is 11.8 Å². The SMILES string of the molecule is CCOC(=O)CC(CC)C1CCCCC1. The Morgan fingerprint density at radius 3 is 2.47 bits per heavy atom. The van der Waals surface area contributed by atoms with E-state index in [0.29, 0.717) is 18.9 Å². The molecule has 1 aliphatic rings. The third-order valence-electron chi connectivity index (χ3n) is 3.58. The van der Waals surface area contributed by atoms with Crippen LogP contribution in [-0.2, 0) is 9.53 Å². The van der Waals surface area contributed by atoms with Crippen molar-refractivity contribution >= 4 is 5.97 Å². The Balaban J connectivity index is 2.36. The normalized spacial score (nSPS) is 19.9. The molecule has 0 bridgehead atoms. The van der Waals surface area contributed by atoms with Crippen LogP contribution in [0.1, 0.15) is 58.8 Å². The van der Waals surface area contributed by atoms with Gasteiger partial charge in [0.15, 0.2) is 0 Å². The highest BCUT2D eigenvalue weighted by Gasteiger charge is 2.24. The molecule has 0 saturated heterocycles. The molecule has 15 heavy (non-hydrogen) atoms. The highest BCUT2D eigenvalue weighted by molar-refractivity contribution is 5.69. The maximum absolute atomic E-state index is 11.4. The molecule has 0 N–H and O–H groups in total. The summed E-state index contributed by atoms with van der Waals surface area (Å²) >= 11 is 0. The van der Waals surface area contributed by atoms with Gasteiger partial charge in [-0.15, -0.1) is 0 Å². The van der Waals surface area contributed by atoms with E-state index in [1.54, 1.807) is 0 Å². The summed E-state index contributed by atoms with van der Waals surface area (Å²) in [5.41, 5.74) is 0. The van der Waals surface area contributed by atoms with Crippen molar-refractivity contribution in [2.45, 2.75) is 58.8 Å². The molecule has 1 rings (SSSR count). The van der Waals surface area contributed by atoms with Crippen molar-refractivity contribution in [3.63, 3.8) is 0 Å². The lowest BCUT2D eigenvalue weighted by Gasteiger charge is -2.28. The molecule has 88 valence electrons. The second-order valence-electron chi connectivity index (χ2n) is 4.58. The van der Waals surface area contributed by atoms with Gasteiger partial charge in [0.25, 0.3) is 0 Å². The standard InChI is InChI=1S/C13H24O2/c1-3-11(10-13(14)15-4-2)12-8-6-5-7-9-12/h11-12H,3-10H2,1-2H3. The molecule has 0 amide bonds. The lowest BCUT2D eigenvalue weighted by atomic mass is 9.77. The first-order chi connectivity index (χ1) is 7.27. The molecule has 1 fully saturated rings. The van der Waals surface area contributed by atoms with Crippen molar-refractivity contribution in [3.05, 3.63) is 0 Å². The zero-order chi connectivity index (χ0) is 11.1. The molecule has 2 heteroatoms. The minimum Gasteiger partial charge on any atom is -0.466 e. The minimum atomic E-state index is -0.00470. The van der Waals surface area contributed by atoms with Gasteiger partial charge >= 0.3 is 5.97 Å². The maximum atomic E-state index is 11.4. The number of carbonyl (C=O) groups excluding carboxylic acids is 1. The molecule has 0 spiro atoms. The number of hydrogen-bond acceptors (Lipinski definition) is 2. The first-order valence-electron chi connectivity index (χ1n) is 6.43. The van der Waals surface area contributed by atoms with Gasteiger partial charge in [0.1, 0.15) is 0 Å². The van der Waals surface area contributed by atoms with E-state index >= 15 is 0 Å². The van der Waals surface area contributed by atoms with Crippen molar-refractivity contribution in [2.24, 2.45) is 11.8 Å². The van der Waals surface area contributed by atoms with E-state index in [9.17, 15) is 4.79 Å². The first kappa shape index (κ1) is 12.5. The van der Waals surface area contributed by atoms with Gasteiger partial charge in [0.2, 0.25) is 0 Å². The third kappa shape index (κ3) is 4.23. The predicted octanol–water partition coefficient (Wildman–Crippen LogP) is 3.55. The van der Waals surface area contributed by atoms with Crippen molar-refractivity contribution in [1.29, 1.82) is 0 Å². The van der Waals surface area contributed by atoms with Crippen LogP contribution in [-0.4, -0.2) is 12.6 Å². The second kappa shape index (κ2) is 6.86. The van der Waals surface area contributed by atoms with E-state index in [2.05, 4.69) is 6.92 Å². The Bertz CT molecular complexity index is 183. The molecule has 1 aliphatic carbocycles. The Hall–Kier alpha value is -0.530. The predicted molar refractivity (Wildman–Crippen MR) is 61.6 cm³/mol. The van der Waals surface area contributed by atoms with Gasteiger partial charge in [-0.25, -0.2) is 0 Å². The molecule has 1 unspecified atom stereocenters. The zero-order valence-electron chi connectivity index (χ0n) is 10.1. The minimum absolute atomic E-state index is 0.00470. The average Bonchev–Trinajstić information content (AvgIpc) is 2.27. The Morgan fingerprint density at radius 2 is 1.93 bits per heavy atom. The summed E-state index contributed by atoms with van der Waals surface area (Å²) in [7, 11) is 0. The van der Waals surface area contributed by atoms with Crippen LogP contribution in [0.3, 0.4) is 0 Å². The Kier molecular flexibility index (Phi) is 5.74. The molecule has 0 radical (unpaired) electrons. The molecular weight excluding hydrogens is 188 g/mol. The monoisotopic (exact) mass is 212 g/mol. The van der Waals surface area contributed by atoms with Gasteiger partial charge < -0.3 is 4.74 Å². The van der Waals surface area contributed by atoms with Crippen LogP contribution >= 0.6 is 0 Å². The van der Waals surface area contributed by atoms with Crippen LogP contribution in [0.25, 0.3) is 0 Å². The van der Waals surface area contributed by atoms with Crippen LogP contribution in [0.15, 0.2) is 0 Å². The second-order valence-corrected chi connectivity index (χ2v) is 4.58. The van der Waals surface area contributed by atoms with Gasteiger partial charge in [0.05, 0.1) is 6.61 Å². The lowest BCUT2D eigenvalue weighted by molar-refractivity contribution is -0.144. The number of rotatable bonds is 5. The van der Waals surface area contributed by atoms with Crippen LogP contribution < -0.4 is 0 Å². The Labute approximate surface area is 93.4 Å². The smallest absolute Gasteiger partial charge is 0.306 e. The molecule has 2 nitrogen and oxygen atoms in total. The average molecular weight is 212 g/mol. The van der Waals surface area contributed by atoms with E-state index < -0.39 is 0 Å². The van der Waals surface area contributed by atoms with Gasteiger partial charge in [-0.1, -0.05) is 45.4 Å². The fourth-order valence-electron chi connectivity index (χ4n) is 2.68. The van der Waals surface area contributed by atoms with E-state index in [1.807, 2.05) is 6.92 Å². The number of carbonyl (C=O) groups is 1. The highest BCUT2D eigenvalue weighted by atomic mass is 16.5. The summed E-state index contributed by atoms with van der Waals surface area (Å²) in [5, 5.41) is 0. The summed E-state index contributed by atoms with van der Waals surface area (Å²) < 4.78 is 5.03. The quantitative estimate of drug-likeness (QED) is 0.651. The molecular formula is C13H24O2. The number of hydrogen-bond donors (Lipinski definition) is 0. The molecule has 0 heterocycles. The van der Waals surface area contributed by atoms with E-state index in [-0.39, 0.29) is 5.97 Å². The van der Waals surface area contributed by atoms with Gasteiger partial charge in [-0.05, 0) is 18.8 Å². The summed E-state index contributed by atoms with van der Waals surface area (Å²) in [5.74, 6) is 1.33. The highest BCUT2D eigenvalue weighted by Crippen LogP contribution is 2.33. The maximum Gasteiger partial charge on any atom is 0.306 e. The largest absolute Gasteiger partial charge is 0.466 e. The van der Waals surface area contributed by atoms with Crippen LogP contribution in [0.2, 0.25) is 0 Å². The summed E-state index contributed by atoms with van der Waals surface area (Å²) in [6.07, 6.45) is 8.47. The molecule has 0 aromatic rings. The van der Waals surface area contributed by atoms with E-state index in [4.69, 9.17) is 4.74 Å². The van der Waals surface area contributed by atoms with Crippen molar-refractivity contribution in [2.75, 3.05) is 6.61 Å².